The standard InChI is InChI=1S/C8H16N2O2/c1-6(9-2)8(12)10-4-3-7(11)5-10/h6-7,9,11H,3-5H2,1-2H3/t6-,7+/m0/s1. The van der Waals surface area contributed by atoms with Crippen LogP contribution in [-0.2, 0) is 4.79 Å². The minimum Gasteiger partial charge on any atom is -0.391 e. The van der Waals surface area contributed by atoms with E-state index in [-0.39, 0.29) is 18.1 Å². The van der Waals surface area contributed by atoms with Gasteiger partial charge in [-0.05, 0) is 20.4 Å². The van der Waals surface area contributed by atoms with Crippen molar-refractivity contribution in [1.82, 2.24) is 10.2 Å². The summed E-state index contributed by atoms with van der Waals surface area (Å²) in [4.78, 5) is 13.2. The van der Waals surface area contributed by atoms with Crippen molar-refractivity contribution < 1.29 is 9.90 Å². The van der Waals surface area contributed by atoms with Crippen LogP contribution in [0.4, 0.5) is 0 Å². The lowest BCUT2D eigenvalue weighted by Crippen LogP contribution is -2.42. The van der Waals surface area contributed by atoms with Gasteiger partial charge in [-0.15, -0.1) is 0 Å². The molecule has 1 aliphatic heterocycles. The summed E-state index contributed by atoms with van der Waals surface area (Å²) in [5, 5.41) is 12.1. The second-order valence-corrected chi connectivity index (χ2v) is 3.24. The van der Waals surface area contributed by atoms with Crippen LogP contribution < -0.4 is 5.32 Å². The Morgan fingerprint density at radius 1 is 1.75 bits per heavy atom. The van der Waals surface area contributed by atoms with Crippen LogP contribution in [0.1, 0.15) is 13.3 Å². The molecule has 1 fully saturated rings. The summed E-state index contributed by atoms with van der Waals surface area (Å²) in [7, 11) is 1.76. The van der Waals surface area contributed by atoms with Gasteiger partial charge in [0, 0.05) is 13.1 Å². The van der Waals surface area contributed by atoms with Gasteiger partial charge in [-0.2, -0.15) is 0 Å². The minimum absolute atomic E-state index is 0.0778. The van der Waals surface area contributed by atoms with Crippen LogP contribution in [0.15, 0.2) is 0 Å². The molecule has 2 atom stereocenters. The molecule has 0 aliphatic carbocycles. The van der Waals surface area contributed by atoms with Gasteiger partial charge in [-0.25, -0.2) is 0 Å². The van der Waals surface area contributed by atoms with Gasteiger partial charge >= 0.3 is 0 Å². The number of aliphatic hydroxyl groups excluding tert-OH is 1. The number of likely N-dealkylation sites (tertiary alicyclic amines) is 1. The van der Waals surface area contributed by atoms with Crippen LogP contribution in [0.2, 0.25) is 0 Å². The molecule has 0 aromatic rings. The fraction of sp³-hybridized carbons (Fsp3) is 0.875. The lowest BCUT2D eigenvalue weighted by atomic mass is 10.3. The molecule has 0 aromatic heterocycles. The molecule has 1 aliphatic rings. The summed E-state index contributed by atoms with van der Waals surface area (Å²) in [6.45, 7) is 3.00. The SMILES string of the molecule is CN[C@@H](C)C(=O)N1CC[C@@H](O)C1. The lowest BCUT2D eigenvalue weighted by Gasteiger charge is -2.19. The molecule has 4 heteroatoms. The van der Waals surface area contributed by atoms with Crippen LogP contribution >= 0.6 is 0 Å². The summed E-state index contributed by atoms with van der Waals surface area (Å²) in [6.07, 6.45) is 0.389. The molecule has 1 saturated heterocycles. The highest BCUT2D eigenvalue weighted by Gasteiger charge is 2.26. The van der Waals surface area contributed by atoms with Crippen LogP contribution in [0.5, 0.6) is 0 Å². The molecule has 1 heterocycles. The Morgan fingerprint density at radius 3 is 2.83 bits per heavy atom. The van der Waals surface area contributed by atoms with Gasteiger partial charge in [0.1, 0.15) is 0 Å². The number of amides is 1. The van der Waals surface area contributed by atoms with E-state index in [1.54, 1.807) is 11.9 Å². The van der Waals surface area contributed by atoms with E-state index in [9.17, 15) is 9.90 Å². The molecule has 1 amide bonds. The third-order valence-electron chi connectivity index (χ3n) is 2.28. The average molecular weight is 172 g/mol. The van der Waals surface area contributed by atoms with Crippen LogP contribution in [-0.4, -0.2) is 48.2 Å². The molecule has 2 N–H and O–H groups in total. The van der Waals surface area contributed by atoms with Crippen molar-refractivity contribution in [3.8, 4) is 0 Å². The number of aliphatic hydroxyl groups is 1. The molecule has 0 aromatic carbocycles. The number of β-amino-alcohol motifs (C(OH)–C–C–N with tert-alkyl or cyclic N) is 1. The fourth-order valence-corrected chi connectivity index (χ4v) is 1.34. The highest BCUT2D eigenvalue weighted by molar-refractivity contribution is 5.81. The Hall–Kier alpha value is -0.610. The molecule has 0 saturated carbocycles. The van der Waals surface area contributed by atoms with Gasteiger partial charge in [0.15, 0.2) is 0 Å². The number of nitrogens with one attached hydrogen (secondary N) is 1. The van der Waals surface area contributed by atoms with Gasteiger partial charge in [-0.1, -0.05) is 0 Å². The maximum absolute atomic E-state index is 11.5. The minimum atomic E-state index is -0.321. The summed E-state index contributed by atoms with van der Waals surface area (Å²) >= 11 is 0. The molecule has 70 valence electrons. The Kier molecular flexibility index (Phi) is 3.05. The zero-order chi connectivity index (χ0) is 9.14. The first-order valence-corrected chi connectivity index (χ1v) is 4.29. The maximum Gasteiger partial charge on any atom is 0.239 e. The first-order valence-electron chi connectivity index (χ1n) is 4.29. The van der Waals surface area contributed by atoms with E-state index in [2.05, 4.69) is 5.32 Å². The highest BCUT2D eigenvalue weighted by atomic mass is 16.3. The monoisotopic (exact) mass is 172 g/mol. The van der Waals surface area contributed by atoms with Crippen LogP contribution in [0.25, 0.3) is 0 Å². The smallest absolute Gasteiger partial charge is 0.239 e. The molecule has 0 bridgehead atoms. The molecule has 4 nitrogen and oxygen atoms in total. The van der Waals surface area contributed by atoms with E-state index >= 15 is 0 Å². The molecular formula is C8H16N2O2. The van der Waals surface area contributed by atoms with Crippen molar-refractivity contribution in [2.24, 2.45) is 0 Å². The number of hydrogen-bond acceptors (Lipinski definition) is 3. The van der Waals surface area contributed by atoms with Gasteiger partial charge in [0.05, 0.1) is 12.1 Å². The molecular weight excluding hydrogens is 156 g/mol. The van der Waals surface area contributed by atoms with E-state index < -0.39 is 0 Å². The Labute approximate surface area is 72.6 Å². The van der Waals surface area contributed by atoms with E-state index in [0.29, 0.717) is 19.5 Å². The number of carbonyl (C=O) groups is 1. The first kappa shape index (κ1) is 9.48. The number of rotatable bonds is 2. The average Bonchev–Trinajstić information content (AvgIpc) is 2.49. The molecule has 0 unspecified atom stereocenters. The third-order valence-corrected chi connectivity index (χ3v) is 2.28. The maximum atomic E-state index is 11.5. The summed E-state index contributed by atoms with van der Waals surface area (Å²) < 4.78 is 0. The molecule has 1 rings (SSSR count). The second-order valence-electron chi connectivity index (χ2n) is 3.24. The highest BCUT2D eigenvalue weighted by Crippen LogP contribution is 2.09. The van der Waals surface area contributed by atoms with Gasteiger partial charge in [0.25, 0.3) is 0 Å². The normalized spacial score (nSPS) is 25.9. The second kappa shape index (κ2) is 3.87. The third kappa shape index (κ3) is 1.95. The first-order chi connectivity index (χ1) is 5.65. The zero-order valence-corrected chi connectivity index (χ0v) is 7.58. The quantitative estimate of drug-likeness (QED) is 0.572. The van der Waals surface area contributed by atoms with E-state index in [1.807, 2.05) is 6.92 Å². The zero-order valence-electron chi connectivity index (χ0n) is 7.58. The Balaban J connectivity index is 2.43. The van der Waals surface area contributed by atoms with Gasteiger partial charge in [-0.3, -0.25) is 4.79 Å². The summed E-state index contributed by atoms with van der Waals surface area (Å²) in [5.41, 5.74) is 0. The van der Waals surface area contributed by atoms with E-state index in [0.717, 1.165) is 0 Å². The predicted octanol–water partition coefficient (Wildman–Crippen LogP) is -0.813. The van der Waals surface area contributed by atoms with Crippen molar-refractivity contribution in [2.45, 2.75) is 25.5 Å². The van der Waals surface area contributed by atoms with Gasteiger partial charge in [0.2, 0.25) is 5.91 Å². The molecule has 0 radical (unpaired) electrons. The molecule has 0 spiro atoms. The summed E-state index contributed by atoms with van der Waals surface area (Å²) in [5.74, 6) is 0.0778. The van der Waals surface area contributed by atoms with Crippen molar-refractivity contribution in [3.05, 3.63) is 0 Å². The largest absolute Gasteiger partial charge is 0.391 e. The Bertz CT molecular complexity index is 172. The number of hydrogen-bond donors (Lipinski definition) is 2. The van der Waals surface area contributed by atoms with E-state index in [1.165, 1.54) is 0 Å². The summed E-state index contributed by atoms with van der Waals surface area (Å²) in [6, 6.07) is -0.143. The van der Waals surface area contributed by atoms with Crippen molar-refractivity contribution >= 4 is 5.91 Å². The fourth-order valence-electron chi connectivity index (χ4n) is 1.34. The lowest BCUT2D eigenvalue weighted by molar-refractivity contribution is -0.132. The predicted molar refractivity (Wildman–Crippen MR) is 45.7 cm³/mol. The number of carbonyl (C=O) groups excluding carboxylic acids is 1. The number of nitrogens with zero attached hydrogens (tertiary/aromatic N) is 1. The Morgan fingerprint density at radius 2 is 2.42 bits per heavy atom. The number of likely N-dealkylation sites (N-methyl/N-ethyl adjacent to an activating group) is 1. The van der Waals surface area contributed by atoms with Crippen molar-refractivity contribution in [2.75, 3.05) is 20.1 Å². The van der Waals surface area contributed by atoms with Crippen molar-refractivity contribution in [3.63, 3.8) is 0 Å². The van der Waals surface area contributed by atoms with E-state index in [4.69, 9.17) is 0 Å². The van der Waals surface area contributed by atoms with Crippen molar-refractivity contribution in [1.29, 1.82) is 0 Å². The topological polar surface area (TPSA) is 52.6 Å². The van der Waals surface area contributed by atoms with Gasteiger partial charge < -0.3 is 15.3 Å². The van der Waals surface area contributed by atoms with Crippen LogP contribution in [0.3, 0.4) is 0 Å². The molecule has 12 heavy (non-hydrogen) atoms. The van der Waals surface area contributed by atoms with Crippen LogP contribution in [0, 0.1) is 0 Å².